The molecule has 1 aromatic rings. The minimum absolute atomic E-state index is 0.129. The highest BCUT2D eigenvalue weighted by molar-refractivity contribution is 5.95. The highest BCUT2D eigenvalue weighted by Crippen LogP contribution is 2.18. The van der Waals surface area contributed by atoms with Crippen LogP contribution in [0, 0.1) is 0 Å². The first-order valence-corrected chi connectivity index (χ1v) is 9.48. The second-order valence-electron chi connectivity index (χ2n) is 7.60. The Balaban J connectivity index is 1.76. The van der Waals surface area contributed by atoms with Gasteiger partial charge in [-0.15, -0.1) is 0 Å². The minimum Gasteiger partial charge on any atom is -0.444 e. The van der Waals surface area contributed by atoms with Crippen LogP contribution in [0.1, 0.15) is 45.6 Å². The van der Waals surface area contributed by atoms with Gasteiger partial charge in [0, 0.05) is 31.8 Å². The van der Waals surface area contributed by atoms with Gasteiger partial charge < -0.3 is 25.4 Å². The van der Waals surface area contributed by atoms with E-state index in [4.69, 9.17) is 9.47 Å². The van der Waals surface area contributed by atoms with Crippen LogP contribution in [0.3, 0.4) is 0 Å². The molecular weight excluding hydrogens is 362 g/mol. The summed E-state index contributed by atoms with van der Waals surface area (Å²) in [6, 6.07) is 7.29. The molecule has 1 fully saturated rings. The fourth-order valence-electron chi connectivity index (χ4n) is 2.67. The molecule has 1 atom stereocenters. The summed E-state index contributed by atoms with van der Waals surface area (Å²) in [5.74, 6) is -0.380. The van der Waals surface area contributed by atoms with Gasteiger partial charge >= 0.3 is 6.09 Å². The Morgan fingerprint density at radius 3 is 2.61 bits per heavy atom. The van der Waals surface area contributed by atoms with E-state index < -0.39 is 17.8 Å². The fourth-order valence-corrected chi connectivity index (χ4v) is 2.67. The summed E-state index contributed by atoms with van der Waals surface area (Å²) in [5.41, 5.74) is 0.863. The van der Waals surface area contributed by atoms with Crippen molar-refractivity contribution in [1.29, 1.82) is 0 Å². The molecule has 1 aliphatic rings. The van der Waals surface area contributed by atoms with Crippen LogP contribution in [0.15, 0.2) is 24.3 Å². The average Bonchev–Trinajstić information content (AvgIpc) is 3.14. The number of alkyl carbamates (subject to hydrolysis) is 1. The molecule has 0 bridgehead atoms. The third-order valence-corrected chi connectivity index (χ3v) is 3.99. The van der Waals surface area contributed by atoms with E-state index in [1.807, 2.05) is 18.2 Å². The molecule has 0 spiro atoms. The number of hydrogen-bond acceptors (Lipinski definition) is 5. The molecule has 154 valence electrons. The standard InChI is InChI=1S/C20H29N3O5/c1-20(2,3)28-19(26)21-11-10-17(24)22-13-14-7-4-5-8-15(14)23-18(25)16-9-6-12-27-16/h4-5,7-8,16H,6,9-13H2,1-3H3,(H,21,26)(H,22,24)(H,23,25). The summed E-state index contributed by atoms with van der Waals surface area (Å²) < 4.78 is 10.5. The number of anilines is 1. The zero-order valence-electron chi connectivity index (χ0n) is 16.7. The lowest BCUT2D eigenvalue weighted by atomic mass is 10.1. The van der Waals surface area contributed by atoms with E-state index in [0.29, 0.717) is 12.3 Å². The molecule has 1 aromatic carbocycles. The number of amides is 3. The Labute approximate surface area is 165 Å². The molecule has 2 rings (SSSR count). The Kier molecular flexibility index (Phi) is 7.80. The van der Waals surface area contributed by atoms with Crippen molar-refractivity contribution in [1.82, 2.24) is 10.6 Å². The summed E-state index contributed by atoms with van der Waals surface area (Å²) in [5, 5.41) is 8.20. The largest absolute Gasteiger partial charge is 0.444 e. The van der Waals surface area contributed by atoms with E-state index >= 15 is 0 Å². The van der Waals surface area contributed by atoms with Gasteiger partial charge in [-0.2, -0.15) is 0 Å². The van der Waals surface area contributed by atoms with E-state index in [9.17, 15) is 14.4 Å². The molecule has 1 aliphatic heterocycles. The van der Waals surface area contributed by atoms with Crippen molar-refractivity contribution >= 4 is 23.6 Å². The maximum atomic E-state index is 12.2. The molecule has 1 heterocycles. The summed E-state index contributed by atoms with van der Waals surface area (Å²) in [6.45, 7) is 6.37. The number of rotatable bonds is 7. The van der Waals surface area contributed by atoms with Crippen LogP contribution in [0.2, 0.25) is 0 Å². The Morgan fingerprint density at radius 1 is 1.18 bits per heavy atom. The van der Waals surface area contributed by atoms with Gasteiger partial charge in [0.15, 0.2) is 0 Å². The first kappa shape index (κ1) is 21.7. The van der Waals surface area contributed by atoms with Crippen LogP contribution in [0.5, 0.6) is 0 Å². The molecular formula is C20H29N3O5. The lowest BCUT2D eigenvalue weighted by Gasteiger charge is -2.19. The van der Waals surface area contributed by atoms with Gasteiger partial charge in [0.05, 0.1) is 0 Å². The number of benzene rings is 1. The SMILES string of the molecule is CC(C)(C)OC(=O)NCCC(=O)NCc1ccccc1NC(=O)C1CCCO1. The molecule has 8 nitrogen and oxygen atoms in total. The van der Waals surface area contributed by atoms with Crippen LogP contribution >= 0.6 is 0 Å². The zero-order valence-corrected chi connectivity index (χ0v) is 16.7. The van der Waals surface area contributed by atoms with E-state index in [1.54, 1.807) is 26.8 Å². The Hall–Kier alpha value is -2.61. The first-order chi connectivity index (χ1) is 13.2. The molecule has 8 heteroatoms. The lowest BCUT2D eigenvalue weighted by Crippen LogP contribution is -2.35. The first-order valence-electron chi connectivity index (χ1n) is 9.48. The molecule has 3 amide bonds. The van der Waals surface area contributed by atoms with Gasteiger partial charge in [-0.05, 0) is 45.2 Å². The number of carbonyl (C=O) groups excluding carboxylic acids is 3. The van der Waals surface area contributed by atoms with E-state index in [0.717, 1.165) is 18.4 Å². The monoisotopic (exact) mass is 391 g/mol. The molecule has 1 unspecified atom stereocenters. The highest BCUT2D eigenvalue weighted by Gasteiger charge is 2.24. The summed E-state index contributed by atoms with van der Waals surface area (Å²) >= 11 is 0. The molecule has 28 heavy (non-hydrogen) atoms. The molecule has 0 saturated carbocycles. The van der Waals surface area contributed by atoms with Gasteiger partial charge in [0.2, 0.25) is 5.91 Å². The quantitative estimate of drug-likeness (QED) is 0.662. The number of hydrogen-bond donors (Lipinski definition) is 3. The maximum Gasteiger partial charge on any atom is 0.407 e. The smallest absolute Gasteiger partial charge is 0.407 e. The second-order valence-corrected chi connectivity index (χ2v) is 7.60. The third-order valence-electron chi connectivity index (χ3n) is 3.99. The Bertz CT molecular complexity index is 693. The molecule has 0 aliphatic carbocycles. The van der Waals surface area contributed by atoms with Crippen LogP contribution in [0.4, 0.5) is 10.5 Å². The van der Waals surface area contributed by atoms with Crippen LogP contribution in [-0.2, 0) is 25.6 Å². The van der Waals surface area contributed by atoms with Crippen LogP contribution < -0.4 is 16.0 Å². The number of para-hydroxylation sites is 1. The van der Waals surface area contributed by atoms with Crippen LogP contribution in [0.25, 0.3) is 0 Å². The lowest BCUT2D eigenvalue weighted by molar-refractivity contribution is -0.124. The van der Waals surface area contributed by atoms with Crippen molar-refractivity contribution in [2.45, 2.75) is 58.3 Å². The highest BCUT2D eigenvalue weighted by atomic mass is 16.6. The van der Waals surface area contributed by atoms with Gasteiger partial charge in [0.1, 0.15) is 11.7 Å². The summed E-state index contributed by atoms with van der Waals surface area (Å²) in [4.78, 5) is 35.8. The minimum atomic E-state index is -0.579. The van der Waals surface area contributed by atoms with Gasteiger partial charge in [0.25, 0.3) is 5.91 Å². The average molecular weight is 391 g/mol. The van der Waals surface area contributed by atoms with Gasteiger partial charge in [-0.1, -0.05) is 18.2 Å². The van der Waals surface area contributed by atoms with E-state index in [1.165, 1.54) is 0 Å². The second kappa shape index (κ2) is 10.1. The Morgan fingerprint density at radius 2 is 1.93 bits per heavy atom. The van der Waals surface area contributed by atoms with Gasteiger partial charge in [-0.25, -0.2) is 4.79 Å². The zero-order chi connectivity index (χ0) is 20.6. The molecule has 0 aromatic heterocycles. The van der Waals surface area contributed by atoms with Crippen molar-refractivity contribution in [2.24, 2.45) is 0 Å². The molecule has 0 radical (unpaired) electrons. The molecule has 1 saturated heterocycles. The predicted octanol–water partition coefficient (Wildman–Crippen LogP) is 2.34. The maximum absolute atomic E-state index is 12.2. The van der Waals surface area contributed by atoms with Crippen molar-refractivity contribution in [3.05, 3.63) is 29.8 Å². The predicted molar refractivity (Wildman–Crippen MR) is 105 cm³/mol. The van der Waals surface area contributed by atoms with E-state index in [-0.39, 0.29) is 31.3 Å². The van der Waals surface area contributed by atoms with Crippen LogP contribution in [-0.4, -0.2) is 42.8 Å². The number of carbonyl (C=O) groups is 3. The van der Waals surface area contributed by atoms with Crippen molar-refractivity contribution in [3.8, 4) is 0 Å². The topological polar surface area (TPSA) is 106 Å². The third kappa shape index (κ3) is 7.56. The molecule has 3 N–H and O–H groups in total. The summed E-state index contributed by atoms with van der Waals surface area (Å²) in [6.07, 6.45) is 0.760. The normalized spacial score (nSPS) is 16.3. The fraction of sp³-hybridized carbons (Fsp3) is 0.550. The van der Waals surface area contributed by atoms with Crippen molar-refractivity contribution in [3.63, 3.8) is 0 Å². The van der Waals surface area contributed by atoms with E-state index in [2.05, 4.69) is 16.0 Å². The van der Waals surface area contributed by atoms with Gasteiger partial charge in [-0.3, -0.25) is 9.59 Å². The van der Waals surface area contributed by atoms with Crippen molar-refractivity contribution < 1.29 is 23.9 Å². The summed E-state index contributed by atoms with van der Waals surface area (Å²) in [7, 11) is 0. The van der Waals surface area contributed by atoms with Crippen molar-refractivity contribution in [2.75, 3.05) is 18.5 Å². The number of ether oxygens (including phenoxy) is 2. The number of nitrogens with one attached hydrogen (secondary N) is 3.